The lowest BCUT2D eigenvalue weighted by atomic mass is 10.0. The Morgan fingerprint density at radius 1 is 0.933 bits per heavy atom. The van der Waals surface area contributed by atoms with E-state index >= 15 is 0 Å². The second-order valence-corrected chi connectivity index (χ2v) is 6.57. The number of nitrogens with zero attached hydrogens (tertiary/aromatic N) is 1. The van der Waals surface area contributed by atoms with Crippen LogP contribution in [0.5, 0.6) is 0 Å². The van der Waals surface area contributed by atoms with E-state index in [0.29, 0.717) is 33.8 Å². The number of carbonyl (C=O) groups excluding carboxylic acids is 2. The predicted octanol–water partition coefficient (Wildman–Crippen LogP) is 4.73. The number of hydrogen-bond acceptors (Lipinski definition) is 4. The van der Waals surface area contributed by atoms with E-state index in [1.807, 2.05) is 18.2 Å². The van der Waals surface area contributed by atoms with Crippen molar-refractivity contribution < 1.29 is 14.5 Å². The number of urea groups is 1. The van der Waals surface area contributed by atoms with Gasteiger partial charge in [-0.25, -0.2) is 4.79 Å². The van der Waals surface area contributed by atoms with Gasteiger partial charge in [-0.05, 0) is 48.0 Å². The summed E-state index contributed by atoms with van der Waals surface area (Å²) in [4.78, 5) is 34.9. The number of amides is 3. The first kappa shape index (κ1) is 18.9. The summed E-state index contributed by atoms with van der Waals surface area (Å²) in [6.07, 6.45) is 1.67. The molecule has 0 saturated heterocycles. The molecule has 0 unspecified atom stereocenters. The van der Waals surface area contributed by atoms with E-state index in [2.05, 4.69) is 16.0 Å². The quantitative estimate of drug-likeness (QED) is 0.334. The van der Waals surface area contributed by atoms with Gasteiger partial charge >= 0.3 is 6.03 Å². The molecular weight excluding hydrogens is 384 g/mol. The van der Waals surface area contributed by atoms with Crippen LogP contribution >= 0.6 is 0 Å². The van der Waals surface area contributed by atoms with Crippen molar-refractivity contribution in [1.29, 1.82) is 0 Å². The van der Waals surface area contributed by atoms with Crippen LogP contribution in [0.2, 0.25) is 0 Å². The van der Waals surface area contributed by atoms with Crippen molar-refractivity contribution in [3.05, 3.63) is 94.0 Å². The molecule has 8 heteroatoms. The molecule has 0 atom stereocenters. The lowest BCUT2D eigenvalue weighted by molar-refractivity contribution is -0.384. The molecule has 1 aliphatic heterocycles. The molecule has 0 radical (unpaired) electrons. The number of para-hydroxylation sites is 1. The minimum absolute atomic E-state index is 0.0158. The molecule has 4 rings (SSSR count). The Balaban J connectivity index is 1.52. The Kier molecular flexibility index (Phi) is 4.96. The number of carbonyl (C=O) groups is 2. The summed E-state index contributed by atoms with van der Waals surface area (Å²) in [6.45, 7) is 0. The fourth-order valence-corrected chi connectivity index (χ4v) is 3.09. The van der Waals surface area contributed by atoms with E-state index in [9.17, 15) is 19.7 Å². The van der Waals surface area contributed by atoms with Crippen molar-refractivity contribution in [1.82, 2.24) is 0 Å². The maximum absolute atomic E-state index is 12.4. The fourth-order valence-electron chi connectivity index (χ4n) is 3.09. The van der Waals surface area contributed by atoms with Gasteiger partial charge in [0.25, 0.3) is 11.6 Å². The number of hydrogen-bond donors (Lipinski definition) is 3. The molecule has 1 aliphatic rings. The van der Waals surface area contributed by atoms with Crippen LogP contribution in [0.4, 0.5) is 27.5 Å². The molecule has 0 saturated carbocycles. The average Bonchev–Trinajstić information content (AvgIpc) is 3.03. The van der Waals surface area contributed by atoms with Gasteiger partial charge < -0.3 is 16.0 Å². The van der Waals surface area contributed by atoms with E-state index in [0.717, 1.165) is 0 Å². The van der Waals surface area contributed by atoms with Crippen molar-refractivity contribution >= 4 is 46.3 Å². The van der Waals surface area contributed by atoms with Crippen molar-refractivity contribution in [3.63, 3.8) is 0 Å². The lowest BCUT2D eigenvalue weighted by Crippen LogP contribution is -2.19. The van der Waals surface area contributed by atoms with Crippen LogP contribution < -0.4 is 16.0 Å². The Bertz CT molecular complexity index is 1170. The highest BCUT2D eigenvalue weighted by Crippen LogP contribution is 2.35. The normalized spacial score (nSPS) is 13.5. The number of non-ortho nitro benzene ring substituents is 1. The highest BCUT2D eigenvalue weighted by atomic mass is 16.6. The first-order valence-corrected chi connectivity index (χ1v) is 9.04. The summed E-state index contributed by atoms with van der Waals surface area (Å²) in [6, 6.07) is 19.7. The lowest BCUT2D eigenvalue weighted by Gasteiger charge is -2.09. The Morgan fingerprint density at radius 3 is 2.33 bits per heavy atom. The molecule has 30 heavy (non-hydrogen) atoms. The number of fused-ring (bicyclic) bond motifs is 1. The van der Waals surface area contributed by atoms with Gasteiger partial charge in [0.05, 0.1) is 10.6 Å². The van der Waals surface area contributed by atoms with E-state index in [4.69, 9.17) is 0 Å². The zero-order valence-corrected chi connectivity index (χ0v) is 15.6. The molecule has 0 aliphatic carbocycles. The molecule has 8 nitrogen and oxygen atoms in total. The number of nitro groups is 1. The Morgan fingerprint density at radius 2 is 1.63 bits per heavy atom. The summed E-state index contributed by atoms with van der Waals surface area (Å²) >= 11 is 0. The van der Waals surface area contributed by atoms with E-state index in [1.54, 1.807) is 48.5 Å². The minimum Gasteiger partial charge on any atom is -0.321 e. The molecular formula is C22H16N4O4. The number of nitro benzene ring substituents is 1. The van der Waals surface area contributed by atoms with Gasteiger partial charge in [-0.3, -0.25) is 14.9 Å². The SMILES string of the molecule is O=C(Nc1ccccc1)Nc1ccc2c(c1)NC(=O)/C2=C\c1ccc([N+](=O)[O-])cc1. The molecule has 0 fully saturated rings. The van der Waals surface area contributed by atoms with Gasteiger partial charge in [-0.1, -0.05) is 24.3 Å². The van der Waals surface area contributed by atoms with Gasteiger partial charge in [0.1, 0.15) is 0 Å². The highest BCUT2D eigenvalue weighted by Gasteiger charge is 2.24. The van der Waals surface area contributed by atoms with Crippen LogP contribution in [0.25, 0.3) is 11.6 Å². The standard InChI is InChI=1S/C22H16N4O4/c27-21-19(12-14-6-9-17(10-7-14)26(29)30)18-11-8-16(13-20(18)25-21)24-22(28)23-15-4-2-1-3-5-15/h1-13H,(H,25,27)(H2,23,24,28)/b19-12-. The monoisotopic (exact) mass is 400 g/mol. The zero-order chi connectivity index (χ0) is 21.1. The summed E-state index contributed by atoms with van der Waals surface area (Å²) in [5.41, 5.74) is 3.55. The van der Waals surface area contributed by atoms with Crippen molar-refractivity contribution in [2.45, 2.75) is 0 Å². The van der Waals surface area contributed by atoms with Crippen LogP contribution in [0, 0.1) is 10.1 Å². The summed E-state index contributed by atoms with van der Waals surface area (Å²) in [5, 5.41) is 19.0. The van der Waals surface area contributed by atoms with E-state index in [1.165, 1.54) is 12.1 Å². The van der Waals surface area contributed by atoms with Crippen LogP contribution in [0.3, 0.4) is 0 Å². The number of anilines is 3. The largest absolute Gasteiger partial charge is 0.323 e. The molecule has 3 amide bonds. The van der Waals surface area contributed by atoms with Crippen molar-refractivity contribution in [3.8, 4) is 0 Å². The van der Waals surface area contributed by atoms with Crippen LogP contribution in [0.15, 0.2) is 72.8 Å². The van der Waals surface area contributed by atoms with Crippen LogP contribution in [-0.4, -0.2) is 16.9 Å². The van der Waals surface area contributed by atoms with Gasteiger partial charge in [0.15, 0.2) is 0 Å². The van der Waals surface area contributed by atoms with Crippen molar-refractivity contribution in [2.24, 2.45) is 0 Å². The molecule has 148 valence electrons. The maximum atomic E-state index is 12.4. The first-order chi connectivity index (χ1) is 14.5. The fraction of sp³-hybridized carbons (Fsp3) is 0. The zero-order valence-electron chi connectivity index (χ0n) is 15.6. The maximum Gasteiger partial charge on any atom is 0.323 e. The summed E-state index contributed by atoms with van der Waals surface area (Å²) in [5.74, 6) is -0.283. The smallest absolute Gasteiger partial charge is 0.321 e. The first-order valence-electron chi connectivity index (χ1n) is 9.04. The number of nitrogens with one attached hydrogen (secondary N) is 3. The van der Waals surface area contributed by atoms with Gasteiger partial charge in [-0.2, -0.15) is 0 Å². The molecule has 3 aromatic rings. The van der Waals surface area contributed by atoms with Crippen molar-refractivity contribution in [2.75, 3.05) is 16.0 Å². The van der Waals surface area contributed by atoms with Crippen LogP contribution in [-0.2, 0) is 4.79 Å². The molecule has 3 N–H and O–H groups in total. The summed E-state index contributed by atoms with van der Waals surface area (Å²) < 4.78 is 0. The number of benzene rings is 3. The highest BCUT2D eigenvalue weighted by molar-refractivity contribution is 6.35. The van der Waals surface area contributed by atoms with Gasteiger partial charge in [-0.15, -0.1) is 0 Å². The predicted molar refractivity (Wildman–Crippen MR) is 115 cm³/mol. The topological polar surface area (TPSA) is 113 Å². The molecule has 1 heterocycles. The Labute approximate surface area is 171 Å². The molecule has 0 spiro atoms. The average molecular weight is 400 g/mol. The van der Waals surface area contributed by atoms with E-state index in [-0.39, 0.29) is 11.6 Å². The third kappa shape index (κ3) is 4.02. The molecule has 0 bridgehead atoms. The van der Waals surface area contributed by atoms with Gasteiger partial charge in [0, 0.05) is 34.6 Å². The molecule has 3 aromatic carbocycles. The second kappa shape index (κ2) is 7.88. The molecule has 0 aromatic heterocycles. The summed E-state index contributed by atoms with van der Waals surface area (Å²) in [7, 11) is 0. The second-order valence-electron chi connectivity index (χ2n) is 6.57. The van der Waals surface area contributed by atoms with Crippen LogP contribution in [0.1, 0.15) is 11.1 Å². The Hall–Kier alpha value is -4.46. The number of rotatable bonds is 4. The minimum atomic E-state index is -0.475. The third-order valence-electron chi connectivity index (χ3n) is 4.51. The van der Waals surface area contributed by atoms with E-state index < -0.39 is 11.0 Å². The third-order valence-corrected chi connectivity index (χ3v) is 4.51. The van der Waals surface area contributed by atoms with Gasteiger partial charge in [0.2, 0.25) is 0 Å².